The number of aliphatic hydroxyl groups is 2. The molecule has 10 heteroatoms. The Morgan fingerprint density at radius 1 is 0.925 bits per heavy atom. The van der Waals surface area contributed by atoms with E-state index in [1.807, 2.05) is 13.8 Å². The van der Waals surface area contributed by atoms with Crippen LogP contribution in [0.4, 0.5) is 8.78 Å². The van der Waals surface area contributed by atoms with Gasteiger partial charge in [0, 0.05) is 36.8 Å². The lowest BCUT2D eigenvalue weighted by Crippen LogP contribution is -2.46. The minimum atomic E-state index is -1.18. The van der Waals surface area contributed by atoms with Crippen LogP contribution in [0.3, 0.4) is 0 Å². The number of carbonyl (C=O) groups is 3. The zero-order chi connectivity index (χ0) is 29.8. The van der Waals surface area contributed by atoms with E-state index < -0.39 is 41.7 Å². The monoisotopic (exact) mass is 561 g/mol. The average molecular weight is 562 g/mol. The van der Waals surface area contributed by atoms with Gasteiger partial charge in [0.1, 0.15) is 11.6 Å². The summed E-state index contributed by atoms with van der Waals surface area (Å²) in [6.45, 7) is 8.47. The summed E-state index contributed by atoms with van der Waals surface area (Å²) >= 11 is 0. The van der Waals surface area contributed by atoms with Crippen LogP contribution in [0.2, 0.25) is 0 Å². The molecular weight excluding hydrogens is 520 g/mol. The maximum atomic E-state index is 13.8. The summed E-state index contributed by atoms with van der Waals surface area (Å²) in [4.78, 5) is 40.1. The third-order valence-corrected chi connectivity index (χ3v) is 6.26. The van der Waals surface area contributed by atoms with Crippen molar-refractivity contribution in [2.24, 2.45) is 0 Å². The molecule has 2 rings (SSSR count). The first-order chi connectivity index (χ1) is 18.9. The third kappa shape index (κ3) is 10.7. The summed E-state index contributed by atoms with van der Waals surface area (Å²) in [6.07, 6.45) is -0.549. The molecule has 3 atom stereocenters. The Kier molecular flexibility index (Phi) is 13.2. The molecule has 0 fully saturated rings. The van der Waals surface area contributed by atoms with Crippen LogP contribution < -0.4 is 10.6 Å². The van der Waals surface area contributed by atoms with Crippen LogP contribution in [0.25, 0.3) is 0 Å². The van der Waals surface area contributed by atoms with Gasteiger partial charge in [-0.3, -0.25) is 14.4 Å². The molecule has 0 aliphatic carbocycles. The van der Waals surface area contributed by atoms with Gasteiger partial charge in [0.25, 0.3) is 11.8 Å². The number of carbonyl (C=O) groups excluding carboxylic acids is 3. The number of nitrogens with one attached hydrogen (secondary N) is 2. The number of halogens is 2. The second-order valence-electron chi connectivity index (χ2n) is 10.2. The SMILES string of the molecule is CCCN(CCC)C(=O)c1cc(C)cc(C(=O)N[C@@H](Cc2cc(F)cc(F)c2)[C@H](O)CCNC(=O)CC(C)O)c1. The highest BCUT2D eigenvalue weighted by atomic mass is 19.1. The van der Waals surface area contributed by atoms with Gasteiger partial charge in [-0.1, -0.05) is 13.8 Å². The average Bonchev–Trinajstić information content (AvgIpc) is 2.86. The molecule has 2 aromatic rings. The fourth-order valence-electron chi connectivity index (χ4n) is 4.49. The Labute approximate surface area is 234 Å². The smallest absolute Gasteiger partial charge is 0.253 e. The van der Waals surface area contributed by atoms with Crippen molar-refractivity contribution in [2.45, 2.75) is 78.0 Å². The molecule has 0 saturated heterocycles. The van der Waals surface area contributed by atoms with Crippen molar-refractivity contribution in [1.29, 1.82) is 0 Å². The highest BCUT2D eigenvalue weighted by Gasteiger charge is 2.24. The quantitative estimate of drug-likeness (QED) is 0.265. The van der Waals surface area contributed by atoms with E-state index >= 15 is 0 Å². The lowest BCUT2D eigenvalue weighted by atomic mass is 9.97. The van der Waals surface area contributed by atoms with Crippen molar-refractivity contribution >= 4 is 17.7 Å². The van der Waals surface area contributed by atoms with E-state index in [0.717, 1.165) is 31.0 Å². The highest BCUT2D eigenvalue weighted by Crippen LogP contribution is 2.16. The second-order valence-corrected chi connectivity index (χ2v) is 10.2. The number of aryl methyl sites for hydroxylation is 1. The van der Waals surface area contributed by atoms with E-state index in [1.54, 1.807) is 24.0 Å². The number of hydrogen-bond acceptors (Lipinski definition) is 5. The topological polar surface area (TPSA) is 119 Å². The van der Waals surface area contributed by atoms with Crippen molar-refractivity contribution in [3.63, 3.8) is 0 Å². The minimum absolute atomic E-state index is 0.0366. The minimum Gasteiger partial charge on any atom is -0.393 e. The van der Waals surface area contributed by atoms with Crippen LogP contribution in [-0.2, 0) is 11.2 Å². The summed E-state index contributed by atoms with van der Waals surface area (Å²) in [5.41, 5.74) is 1.52. The van der Waals surface area contributed by atoms with Gasteiger partial charge in [-0.05, 0) is 81.0 Å². The largest absolute Gasteiger partial charge is 0.393 e. The number of rotatable bonds is 15. The number of hydrogen-bond donors (Lipinski definition) is 4. The molecule has 0 spiro atoms. The van der Waals surface area contributed by atoms with Crippen LogP contribution in [-0.4, -0.2) is 70.7 Å². The molecule has 0 aliphatic heterocycles. The molecule has 4 N–H and O–H groups in total. The normalized spacial score (nSPS) is 13.3. The van der Waals surface area contributed by atoms with Gasteiger partial charge in [-0.25, -0.2) is 8.78 Å². The fourth-order valence-corrected chi connectivity index (χ4v) is 4.49. The number of nitrogens with zero attached hydrogens (tertiary/aromatic N) is 1. The third-order valence-electron chi connectivity index (χ3n) is 6.26. The van der Waals surface area contributed by atoms with Crippen molar-refractivity contribution in [1.82, 2.24) is 15.5 Å². The first-order valence-corrected chi connectivity index (χ1v) is 13.7. The Hall–Kier alpha value is -3.37. The predicted molar refractivity (Wildman–Crippen MR) is 149 cm³/mol. The number of aliphatic hydroxyl groups excluding tert-OH is 2. The maximum Gasteiger partial charge on any atom is 0.253 e. The van der Waals surface area contributed by atoms with Crippen LogP contribution in [0.1, 0.15) is 78.3 Å². The van der Waals surface area contributed by atoms with E-state index in [1.165, 1.54) is 13.0 Å². The Morgan fingerprint density at radius 2 is 1.52 bits per heavy atom. The molecule has 0 bridgehead atoms. The van der Waals surface area contributed by atoms with E-state index in [0.29, 0.717) is 24.2 Å². The maximum absolute atomic E-state index is 13.8. The number of benzene rings is 2. The van der Waals surface area contributed by atoms with Crippen molar-refractivity contribution in [3.8, 4) is 0 Å². The first-order valence-electron chi connectivity index (χ1n) is 13.7. The highest BCUT2D eigenvalue weighted by molar-refractivity contribution is 6.00. The standard InChI is InChI=1S/C30H41F2N3O5/c1-5-9-35(10-6-2)30(40)23-12-19(3)11-22(17-23)29(39)34-26(16-21-14-24(31)18-25(32)15-21)27(37)7-8-33-28(38)13-20(4)36/h11-12,14-15,17-18,20,26-27,36-37H,5-10,13,16H2,1-4H3,(H,33,38)(H,34,39)/t20?,26-,27+/m0/s1. The summed E-state index contributed by atoms with van der Waals surface area (Å²) in [5.74, 6) is -2.71. The van der Waals surface area contributed by atoms with Crippen LogP contribution >= 0.6 is 0 Å². The number of amides is 3. The summed E-state index contributed by atoms with van der Waals surface area (Å²) in [6, 6.07) is 6.87. The molecular formula is C30H41F2N3O5. The zero-order valence-electron chi connectivity index (χ0n) is 23.7. The zero-order valence-corrected chi connectivity index (χ0v) is 23.7. The van der Waals surface area contributed by atoms with Gasteiger partial charge in [-0.2, -0.15) is 0 Å². The second kappa shape index (κ2) is 16.0. The van der Waals surface area contributed by atoms with Crippen LogP contribution in [0.15, 0.2) is 36.4 Å². The molecule has 0 radical (unpaired) electrons. The van der Waals surface area contributed by atoms with Crippen LogP contribution in [0, 0.1) is 18.6 Å². The van der Waals surface area contributed by atoms with Crippen molar-refractivity contribution in [3.05, 3.63) is 70.3 Å². The molecule has 40 heavy (non-hydrogen) atoms. The Morgan fingerprint density at radius 3 is 2.10 bits per heavy atom. The van der Waals surface area contributed by atoms with E-state index in [9.17, 15) is 33.4 Å². The molecule has 2 aromatic carbocycles. The Bertz CT molecular complexity index is 1130. The molecule has 0 aliphatic rings. The molecule has 0 saturated carbocycles. The van der Waals surface area contributed by atoms with Gasteiger partial charge in [-0.15, -0.1) is 0 Å². The summed E-state index contributed by atoms with van der Waals surface area (Å²) in [7, 11) is 0. The molecule has 8 nitrogen and oxygen atoms in total. The lowest BCUT2D eigenvalue weighted by Gasteiger charge is -2.25. The van der Waals surface area contributed by atoms with E-state index in [2.05, 4.69) is 10.6 Å². The van der Waals surface area contributed by atoms with Crippen molar-refractivity contribution < 1.29 is 33.4 Å². The van der Waals surface area contributed by atoms with Gasteiger partial charge in [0.15, 0.2) is 0 Å². The van der Waals surface area contributed by atoms with Crippen LogP contribution in [0.5, 0.6) is 0 Å². The van der Waals surface area contributed by atoms with E-state index in [-0.39, 0.29) is 42.8 Å². The predicted octanol–water partition coefficient (Wildman–Crippen LogP) is 3.51. The lowest BCUT2D eigenvalue weighted by molar-refractivity contribution is -0.122. The van der Waals surface area contributed by atoms with Gasteiger partial charge < -0.3 is 25.7 Å². The van der Waals surface area contributed by atoms with Gasteiger partial charge in [0.05, 0.1) is 24.7 Å². The van der Waals surface area contributed by atoms with Gasteiger partial charge >= 0.3 is 0 Å². The molecule has 0 aromatic heterocycles. The van der Waals surface area contributed by atoms with Crippen molar-refractivity contribution in [2.75, 3.05) is 19.6 Å². The van der Waals surface area contributed by atoms with E-state index in [4.69, 9.17) is 0 Å². The molecule has 1 unspecified atom stereocenters. The summed E-state index contributed by atoms with van der Waals surface area (Å²) in [5, 5.41) is 25.6. The van der Waals surface area contributed by atoms with Gasteiger partial charge in [0.2, 0.25) is 5.91 Å². The summed E-state index contributed by atoms with van der Waals surface area (Å²) < 4.78 is 27.7. The Balaban J connectivity index is 2.26. The molecule has 220 valence electrons. The molecule has 0 heterocycles. The fraction of sp³-hybridized carbons (Fsp3) is 0.500. The molecule has 3 amide bonds. The first kappa shape index (κ1) is 32.8.